The van der Waals surface area contributed by atoms with E-state index in [1.165, 1.54) is 19.3 Å². The van der Waals surface area contributed by atoms with Gasteiger partial charge in [0.1, 0.15) is 6.04 Å². The maximum absolute atomic E-state index is 12.0. The molecule has 2 unspecified atom stereocenters. The van der Waals surface area contributed by atoms with Gasteiger partial charge in [-0.3, -0.25) is 0 Å². The fourth-order valence-electron chi connectivity index (χ4n) is 2.78. The van der Waals surface area contributed by atoms with Crippen molar-refractivity contribution < 1.29 is 14.7 Å². The van der Waals surface area contributed by atoms with Gasteiger partial charge in [0.2, 0.25) is 0 Å². The molecule has 0 heterocycles. The van der Waals surface area contributed by atoms with Crippen molar-refractivity contribution in [1.82, 2.24) is 10.6 Å². The Hall–Kier alpha value is -1.26. The van der Waals surface area contributed by atoms with Crippen molar-refractivity contribution in [3.8, 4) is 0 Å². The van der Waals surface area contributed by atoms with E-state index < -0.39 is 17.4 Å². The van der Waals surface area contributed by atoms with Gasteiger partial charge in [-0.1, -0.05) is 40.0 Å². The highest BCUT2D eigenvalue weighted by atomic mass is 16.4. The number of aliphatic carboxylic acids is 1. The van der Waals surface area contributed by atoms with E-state index in [1.54, 1.807) is 20.8 Å². The lowest BCUT2D eigenvalue weighted by molar-refractivity contribution is -0.141. The molecule has 0 aromatic rings. The number of urea groups is 1. The molecule has 1 aliphatic rings. The highest BCUT2D eigenvalue weighted by Crippen LogP contribution is 2.26. The number of carboxylic acids is 1. The number of amides is 2. The van der Waals surface area contributed by atoms with E-state index >= 15 is 0 Å². The molecule has 5 nitrogen and oxygen atoms in total. The van der Waals surface area contributed by atoms with E-state index in [0.29, 0.717) is 5.92 Å². The summed E-state index contributed by atoms with van der Waals surface area (Å²) in [5, 5.41) is 14.7. The Morgan fingerprint density at radius 3 is 2.10 bits per heavy atom. The van der Waals surface area contributed by atoms with Crippen LogP contribution in [0.15, 0.2) is 0 Å². The Labute approximate surface area is 121 Å². The number of hydrogen-bond donors (Lipinski definition) is 3. The summed E-state index contributed by atoms with van der Waals surface area (Å²) in [4.78, 5) is 23.2. The Morgan fingerprint density at radius 1 is 1.10 bits per heavy atom. The van der Waals surface area contributed by atoms with Crippen LogP contribution in [0.3, 0.4) is 0 Å². The number of nitrogens with one attached hydrogen (secondary N) is 2. The van der Waals surface area contributed by atoms with Crippen LogP contribution in [0.1, 0.15) is 59.8 Å². The molecule has 2 atom stereocenters. The van der Waals surface area contributed by atoms with Gasteiger partial charge in [0.15, 0.2) is 0 Å². The largest absolute Gasteiger partial charge is 0.480 e. The van der Waals surface area contributed by atoms with Crippen LogP contribution in [0.2, 0.25) is 0 Å². The molecule has 1 rings (SSSR count). The second-order valence-corrected chi connectivity index (χ2v) is 6.94. The number of rotatable bonds is 4. The summed E-state index contributed by atoms with van der Waals surface area (Å²) >= 11 is 0. The molecule has 20 heavy (non-hydrogen) atoms. The number of carbonyl (C=O) groups is 2. The Kier molecular flexibility index (Phi) is 5.84. The van der Waals surface area contributed by atoms with Crippen molar-refractivity contribution >= 4 is 12.0 Å². The maximum Gasteiger partial charge on any atom is 0.326 e. The lowest BCUT2D eigenvalue weighted by Crippen LogP contribution is -2.54. The van der Waals surface area contributed by atoms with Crippen molar-refractivity contribution in [3.05, 3.63) is 0 Å². The van der Waals surface area contributed by atoms with Crippen molar-refractivity contribution in [3.63, 3.8) is 0 Å². The fraction of sp³-hybridized carbons (Fsp3) is 0.867. The van der Waals surface area contributed by atoms with Gasteiger partial charge in [-0.05, 0) is 31.1 Å². The Morgan fingerprint density at radius 2 is 1.65 bits per heavy atom. The highest BCUT2D eigenvalue weighted by Gasteiger charge is 2.33. The van der Waals surface area contributed by atoms with Crippen LogP contribution >= 0.6 is 0 Å². The van der Waals surface area contributed by atoms with Crippen LogP contribution in [-0.2, 0) is 4.79 Å². The fourth-order valence-corrected chi connectivity index (χ4v) is 2.78. The van der Waals surface area contributed by atoms with E-state index in [4.69, 9.17) is 0 Å². The summed E-state index contributed by atoms with van der Waals surface area (Å²) in [5.74, 6) is -0.495. The van der Waals surface area contributed by atoms with Crippen LogP contribution in [0.25, 0.3) is 0 Å². The van der Waals surface area contributed by atoms with Crippen LogP contribution in [0, 0.1) is 11.3 Å². The first-order valence-corrected chi connectivity index (χ1v) is 7.51. The Bertz CT molecular complexity index is 344. The summed E-state index contributed by atoms with van der Waals surface area (Å²) < 4.78 is 0. The van der Waals surface area contributed by atoms with Gasteiger partial charge in [-0.15, -0.1) is 0 Å². The predicted molar refractivity (Wildman–Crippen MR) is 78.6 cm³/mol. The molecule has 0 aliphatic heterocycles. The van der Waals surface area contributed by atoms with Crippen molar-refractivity contribution in [2.45, 2.75) is 71.9 Å². The van der Waals surface area contributed by atoms with Gasteiger partial charge in [0.05, 0.1) is 0 Å². The standard InChI is InChI=1S/C15H28N2O3/c1-10(11-8-6-5-7-9-11)16-14(20)17-12(13(18)19)15(2,3)4/h10-12H,5-9H2,1-4H3,(H,18,19)(H2,16,17,20). The van der Waals surface area contributed by atoms with Gasteiger partial charge in [-0.2, -0.15) is 0 Å². The third-order valence-corrected chi connectivity index (χ3v) is 4.10. The lowest BCUT2D eigenvalue weighted by atomic mass is 9.84. The van der Waals surface area contributed by atoms with E-state index in [-0.39, 0.29) is 12.1 Å². The highest BCUT2D eigenvalue weighted by molar-refractivity contribution is 5.83. The molecule has 5 heteroatoms. The zero-order valence-corrected chi connectivity index (χ0v) is 13.0. The van der Waals surface area contributed by atoms with Crippen molar-refractivity contribution in [2.24, 2.45) is 11.3 Å². The molecule has 1 saturated carbocycles. The van der Waals surface area contributed by atoms with Gasteiger partial charge in [0, 0.05) is 6.04 Å². The summed E-state index contributed by atoms with van der Waals surface area (Å²) in [7, 11) is 0. The monoisotopic (exact) mass is 284 g/mol. The summed E-state index contributed by atoms with van der Waals surface area (Å²) in [5.41, 5.74) is -0.517. The number of carbonyl (C=O) groups excluding carboxylic acids is 1. The molecular formula is C15H28N2O3. The normalized spacial score (nSPS) is 20.0. The minimum Gasteiger partial charge on any atom is -0.480 e. The summed E-state index contributed by atoms with van der Waals surface area (Å²) in [6.45, 7) is 7.41. The molecule has 2 amide bonds. The van der Waals surface area contributed by atoms with E-state index in [1.807, 2.05) is 6.92 Å². The molecule has 0 radical (unpaired) electrons. The Balaban J connectivity index is 2.50. The smallest absolute Gasteiger partial charge is 0.326 e. The predicted octanol–water partition coefficient (Wildman–Crippen LogP) is 2.75. The average Bonchev–Trinajstić information content (AvgIpc) is 2.35. The van der Waals surface area contributed by atoms with Crippen molar-refractivity contribution in [2.75, 3.05) is 0 Å². The SMILES string of the molecule is CC(NC(=O)NC(C(=O)O)C(C)(C)C)C1CCCCC1. The maximum atomic E-state index is 12.0. The van der Waals surface area contributed by atoms with Gasteiger partial charge < -0.3 is 15.7 Å². The second kappa shape index (κ2) is 6.95. The molecule has 1 fully saturated rings. The quantitative estimate of drug-likeness (QED) is 0.742. The second-order valence-electron chi connectivity index (χ2n) is 6.94. The first-order valence-electron chi connectivity index (χ1n) is 7.51. The van der Waals surface area contributed by atoms with Gasteiger partial charge in [-0.25, -0.2) is 9.59 Å². The molecule has 0 bridgehead atoms. The number of hydrogen-bond acceptors (Lipinski definition) is 2. The van der Waals surface area contributed by atoms with Crippen molar-refractivity contribution in [1.29, 1.82) is 0 Å². The summed E-state index contributed by atoms with van der Waals surface area (Å²) in [6, 6.07) is -1.18. The first kappa shape index (κ1) is 16.8. The summed E-state index contributed by atoms with van der Waals surface area (Å²) in [6.07, 6.45) is 6.00. The molecule has 0 saturated heterocycles. The van der Waals surface area contributed by atoms with Crippen LogP contribution < -0.4 is 10.6 Å². The van der Waals surface area contributed by atoms with E-state index in [0.717, 1.165) is 12.8 Å². The average molecular weight is 284 g/mol. The van der Waals surface area contributed by atoms with Gasteiger partial charge in [0.25, 0.3) is 0 Å². The van der Waals surface area contributed by atoms with E-state index in [2.05, 4.69) is 10.6 Å². The molecule has 0 aromatic carbocycles. The topological polar surface area (TPSA) is 78.4 Å². The zero-order valence-electron chi connectivity index (χ0n) is 13.0. The first-order chi connectivity index (χ1) is 9.21. The van der Waals surface area contributed by atoms with Crippen LogP contribution in [0.4, 0.5) is 4.79 Å². The third kappa shape index (κ3) is 5.02. The van der Waals surface area contributed by atoms with Crippen LogP contribution in [-0.4, -0.2) is 29.2 Å². The van der Waals surface area contributed by atoms with Gasteiger partial charge >= 0.3 is 12.0 Å². The minimum absolute atomic E-state index is 0.0877. The molecule has 0 aromatic heterocycles. The molecule has 116 valence electrons. The molecule has 3 N–H and O–H groups in total. The molecular weight excluding hydrogens is 256 g/mol. The van der Waals surface area contributed by atoms with Crippen LogP contribution in [0.5, 0.6) is 0 Å². The zero-order chi connectivity index (χ0) is 15.3. The molecule has 1 aliphatic carbocycles. The minimum atomic E-state index is -1.00. The van der Waals surface area contributed by atoms with E-state index in [9.17, 15) is 14.7 Å². The molecule has 0 spiro atoms. The lowest BCUT2D eigenvalue weighted by Gasteiger charge is -2.31. The number of carboxylic acid groups (broad SMARTS) is 1. The third-order valence-electron chi connectivity index (χ3n) is 4.10.